The molecule has 0 N–H and O–H groups in total. The predicted molar refractivity (Wildman–Crippen MR) is 79.0 cm³/mol. The lowest BCUT2D eigenvalue weighted by Crippen LogP contribution is -2.37. The van der Waals surface area contributed by atoms with Gasteiger partial charge in [0, 0.05) is 19.1 Å². The van der Waals surface area contributed by atoms with Crippen LogP contribution in [0, 0.1) is 5.92 Å². The average molecular weight is 279 g/mol. The summed E-state index contributed by atoms with van der Waals surface area (Å²) < 4.78 is 11.1. The molecule has 0 saturated heterocycles. The Morgan fingerprint density at radius 3 is 1.89 bits per heavy atom. The normalized spacial score (nSPS) is 13.8. The van der Waals surface area contributed by atoms with Crippen molar-refractivity contribution in [3.8, 4) is 0 Å². The van der Waals surface area contributed by atoms with Crippen LogP contribution in [0.1, 0.15) is 72.6 Å². The van der Waals surface area contributed by atoms with Crippen molar-refractivity contribution in [1.82, 2.24) is 0 Å². The van der Waals surface area contributed by atoms with Crippen LogP contribution in [0.2, 0.25) is 0 Å². The third-order valence-electron chi connectivity index (χ3n) is 3.26. The van der Waals surface area contributed by atoms with Gasteiger partial charge in [0.15, 0.2) is 0 Å². The second-order valence-electron chi connectivity index (χ2n) is 4.91. The summed E-state index contributed by atoms with van der Waals surface area (Å²) in [7, 11) is 0. The zero-order chi connectivity index (χ0) is 13.9. The second-order valence-corrected chi connectivity index (χ2v) is 5.43. The zero-order valence-corrected chi connectivity index (χ0v) is 13.4. The van der Waals surface area contributed by atoms with Crippen molar-refractivity contribution in [2.24, 2.45) is 5.92 Å². The van der Waals surface area contributed by atoms with Gasteiger partial charge < -0.3 is 9.47 Å². The number of ether oxygens (including phenoxy) is 2. The molecule has 18 heavy (non-hydrogen) atoms. The van der Waals surface area contributed by atoms with Gasteiger partial charge in [-0.05, 0) is 20.3 Å². The minimum atomic E-state index is -0.924. The van der Waals surface area contributed by atoms with Crippen molar-refractivity contribution < 1.29 is 9.47 Å². The smallest absolute Gasteiger partial charge is 0.250 e. The SMILES string of the molecule is CCCCCCCCC(C)C(Cl)(OCC)OCC. The van der Waals surface area contributed by atoms with Gasteiger partial charge in [-0.25, -0.2) is 0 Å². The highest BCUT2D eigenvalue weighted by atomic mass is 35.5. The van der Waals surface area contributed by atoms with E-state index in [0.29, 0.717) is 13.2 Å². The molecule has 0 aliphatic rings. The van der Waals surface area contributed by atoms with Crippen molar-refractivity contribution in [3.05, 3.63) is 0 Å². The molecule has 0 aromatic heterocycles. The molecule has 0 aliphatic heterocycles. The first-order valence-electron chi connectivity index (χ1n) is 7.57. The molecule has 0 heterocycles. The molecular weight excluding hydrogens is 248 g/mol. The quantitative estimate of drug-likeness (QED) is 0.273. The molecule has 0 rings (SSSR count). The Bertz CT molecular complexity index is 179. The summed E-state index contributed by atoms with van der Waals surface area (Å²) in [5.74, 6) is 0.227. The number of unbranched alkanes of at least 4 members (excludes halogenated alkanes) is 5. The Labute approximate surface area is 118 Å². The van der Waals surface area contributed by atoms with Gasteiger partial charge in [-0.15, -0.1) is 0 Å². The van der Waals surface area contributed by atoms with E-state index in [-0.39, 0.29) is 5.92 Å². The third-order valence-corrected chi connectivity index (χ3v) is 3.85. The molecule has 1 unspecified atom stereocenters. The van der Waals surface area contributed by atoms with Crippen LogP contribution in [0.3, 0.4) is 0 Å². The zero-order valence-electron chi connectivity index (χ0n) is 12.6. The first-order valence-corrected chi connectivity index (χ1v) is 7.95. The Kier molecular flexibility index (Phi) is 11.2. The van der Waals surface area contributed by atoms with Gasteiger partial charge in [0.05, 0.1) is 0 Å². The van der Waals surface area contributed by atoms with Gasteiger partial charge in [-0.1, -0.05) is 64.0 Å². The van der Waals surface area contributed by atoms with Crippen LogP contribution < -0.4 is 0 Å². The fourth-order valence-corrected chi connectivity index (χ4v) is 2.45. The Morgan fingerprint density at radius 2 is 1.39 bits per heavy atom. The summed E-state index contributed by atoms with van der Waals surface area (Å²) in [6.45, 7) is 9.44. The van der Waals surface area contributed by atoms with E-state index in [1.165, 1.54) is 38.5 Å². The van der Waals surface area contributed by atoms with Crippen LogP contribution in [0.25, 0.3) is 0 Å². The fourth-order valence-electron chi connectivity index (χ4n) is 2.12. The summed E-state index contributed by atoms with van der Waals surface area (Å²) >= 11 is 6.41. The molecule has 110 valence electrons. The number of halogens is 1. The Hall–Kier alpha value is 0.210. The van der Waals surface area contributed by atoms with Crippen LogP contribution in [0.4, 0.5) is 0 Å². The van der Waals surface area contributed by atoms with E-state index in [1.807, 2.05) is 13.8 Å². The Morgan fingerprint density at radius 1 is 0.889 bits per heavy atom. The topological polar surface area (TPSA) is 18.5 Å². The van der Waals surface area contributed by atoms with E-state index in [0.717, 1.165) is 6.42 Å². The van der Waals surface area contributed by atoms with Crippen molar-refractivity contribution in [1.29, 1.82) is 0 Å². The molecule has 0 aromatic carbocycles. The molecule has 0 bridgehead atoms. The van der Waals surface area contributed by atoms with Gasteiger partial charge in [0.1, 0.15) is 0 Å². The molecular formula is C15H31ClO2. The van der Waals surface area contributed by atoms with Gasteiger partial charge in [0.25, 0.3) is 5.25 Å². The van der Waals surface area contributed by atoms with E-state index in [4.69, 9.17) is 21.1 Å². The van der Waals surface area contributed by atoms with Crippen LogP contribution in [-0.2, 0) is 9.47 Å². The average Bonchev–Trinajstić information content (AvgIpc) is 2.34. The minimum Gasteiger partial charge on any atom is -0.337 e. The largest absolute Gasteiger partial charge is 0.337 e. The number of hydrogen-bond donors (Lipinski definition) is 0. The lowest BCUT2D eigenvalue weighted by Gasteiger charge is -2.32. The van der Waals surface area contributed by atoms with Crippen molar-refractivity contribution >= 4 is 11.6 Å². The predicted octanol–water partition coefficient (Wildman–Crippen LogP) is 5.34. The second kappa shape index (κ2) is 11.1. The van der Waals surface area contributed by atoms with Gasteiger partial charge in [-0.3, -0.25) is 0 Å². The molecule has 0 saturated carbocycles. The summed E-state index contributed by atoms with van der Waals surface area (Å²) in [5.41, 5.74) is 0. The van der Waals surface area contributed by atoms with Crippen LogP contribution in [0.15, 0.2) is 0 Å². The summed E-state index contributed by atoms with van der Waals surface area (Å²) in [4.78, 5) is 0. The first kappa shape index (κ1) is 18.2. The minimum absolute atomic E-state index is 0.227. The summed E-state index contributed by atoms with van der Waals surface area (Å²) in [5, 5.41) is -0.924. The fraction of sp³-hybridized carbons (Fsp3) is 1.00. The van der Waals surface area contributed by atoms with E-state index >= 15 is 0 Å². The Balaban J connectivity index is 3.84. The van der Waals surface area contributed by atoms with E-state index in [1.54, 1.807) is 0 Å². The molecule has 0 radical (unpaired) electrons. The molecule has 0 aliphatic carbocycles. The van der Waals surface area contributed by atoms with E-state index < -0.39 is 5.25 Å². The van der Waals surface area contributed by atoms with Crippen LogP contribution >= 0.6 is 11.6 Å². The lowest BCUT2D eigenvalue weighted by molar-refractivity contribution is -0.201. The van der Waals surface area contributed by atoms with E-state index in [9.17, 15) is 0 Å². The molecule has 0 spiro atoms. The standard InChI is InChI=1S/C15H31ClO2/c1-5-8-9-10-11-12-13-14(4)15(16,17-6-2)18-7-3/h14H,5-13H2,1-4H3. The van der Waals surface area contributed by atoms with Crippen LogP contribution in [0.5, 0.6) is 0 Å². The molecule has 2 nitrogen and oxygen atoms in total. The lowest BCUT2D eigenvalue weighted by atomic mass is 10.0. The van der Waals surface area contributed by atoms with Gasteiger partial charge in [0.2, 0.25) is 0 Å². The highest BCUT2D eigenvalue weighted by molar-refractivity contribution is 6.22. The summed E-state index contributed by atoms with van der Waals surface area (Å²) in [6.07, 6.45) is 8.90. The number of alkyl halides is 1. The maximum atomic E-state index is 6.41. The molecule has 0 amide bonds. The van der Waals surface area contributed by atoms with Gasteiger partial charge >= 0.3 is 0 Å². The number of hydrogen-bond acceptors (Lipinski definition) is 2. The van der Waals surface area contributed by atoms with Crippen LogP contribution in [-0.4, -0.2) is 18.5 Å². The molecule has 0 aromatic rings. The number of rotatable bonds is 12. The maximum Gasteiger partial charge on any atom is 0.250 e. The molecule has 0 fully saturated rings. The maximum absolute atomic E-state index is 6.41. The molecule has 1 atom stereocenters. The molecule has 3 heteroatoms. The van der Waals surface area contributed by atoms with Crippen molar-refractivity contribution in [3.63, 3.8) is 0 Å². The summed E-state index contributed by atoms with van der Waals surface area (Å²) in [6, 6.07) is 0. The van der Waals surface area contributed by atoms with Gasteiger partial charge in [-0.2, -0.15) is 0 Å². The van der Waals surface area contributed by atoms with E-state index in [2.05, 4.69) is 13.8 Å². The van der Waals surface area contributed by atoms with Crippen molar-refractivity contribution in [2.45, 2.75) is 77.9 Å². The monoisotopic (exact) mass is 278 g/mol. The first-order chi connectivity index (χ1) is 8.60. The highest BCUT2D eigenvalue weighted by Crippen LogP contribution is 2.32. The highest BCUT2D eigenvalue weighted by Gasteiger charge is 2.35. The third kappa shape index (κ3) is 7.60. The van der Waals surface area contributed by atoms with Crippen molar-refractivity contribution in [2.75, 3.05) is 13.2 Å².